The van der Waals surface area contributed by atoms with Crippen LogP contribution in [0.5, 0.6) is 0 Å². The molecule has 0 radical (unpaired) electrons. The number of hydrogen-bond donors (Lipinski definition) is 1. The summed E-state index contributed by atoms with van der Waals surface area (Å²) < 4.78 is 0. The van der Waals surface area contributed by atoms with Gasteiger partial charge < -0.3 is 10.2 Å². The fourth-order valence-electron chi connectivity index (χ4n) is 3.02. The molecule has 0 amide bonds. The highest BCUT2D eigenvalue weighted by atomic mass is 15.1. The van der Waals surface area contributed by atoms with Gasteiger partial charge in [0.1, 0.15) is 0 Å². The van der Waals surface area contributed by atoms with E-state index in [4.69, 9.17) is 0 Å². The van der Waals surface area contributed by atoms with Gasteiger partial charge >= 0.3 is 0 Å². The monoisotopic (exact) mass is 306 g/mol. The van der Waals surface area contributed by atoms with Gasteiger partial charge in [0.25, 0.3) is 0 Å². The van der Waals surface area contributed by atoms with Crippen molar-refractivity contribution in [1.82, 2.24) is 10.2 Å². The third-order valence-electron chi connectivity index (χ3n) is 4.55. The zero-order chi connectivity index (χ0) is 16.2. The Hall–Kier alpha value is -0.600. The van der Waals surface area contributed by atoms with E-state index in [9.17, 15) is 0 Å². The van der Waals surface area contributed by atoms with E-state index in [0.29, 0.717) is 6.04 Å². The molecule has 0 bridgehead atoms. The van der Waals surface area contributed by atoms with Crippen LogP contribution in [0.25, 0.3) is 0 Å². The van der Waals surface area contributed by atoms with Crippen LogP contribution < -0.4 is 5.32 Å². The molecule has 1 rings (SSSR count). The Labute approximate surface area is 139 Å². The molecule has 0 aromatic carbocycles. The van der Waals surface area contributed by atoms with Crippen molar-refractivity contribution >= 4 is 0 Å². The number of piperidine rings is 1. The maximum absolute atomic E-state index is 3.68. The topological polar surface area (TPSA) is 15.3 Å². The lowest BCUT2D eigenvalue weighted by Gasteiger charge is -2.27. The van der Waals surface area contributed by atoms with Gasteiger partial charge in [0.05, 0.1) is 0 Å². The quantitative estimate of drug-likeness (QED) is 0.576. The summed E-state index contributed by atoms with van der Waals surface area (Å²) in [5.41, 5.74) is 2.97. The van der Waals surface area contributed by atoms with Crippen LogP contribution in [0.15, 0.2) is 23.3 Å². The number of likely N-dealkylation sites (tertiary alicyclic amines) is 1. The van der Waals surface area contributed by atoms with Crippen molar-refractivity contribution in [1.29, 1.82) is 0 Å². The summed E-state index contributed by atoms with van der Waals surface area (Å²) in [6, 6.07) is 0.631. The van der Waals surface area contributed by atoms with Crippen LogP contribution in [0.1, 0.15) is 72.6 Å². The molecule has 0 spiro atoms. The van der Waals surface area contributed by atoms with E-state index in [0.717, 1.165) is 6.54 Å². The molecule has 0 saturated carbocycles. The Bertz CT molecular complexity index is 334. The number of hydrogen-bond acceptors (Lipinski definition) is 2. The maximum Gasteiger partial charge on any atom is 0.0107 e. The van der Waals surface area contributed by atoms with Crippen molar-refractivity contribution in [3.63, 3.8) is 0 Å². The zero-order valence-electron chi connectivity index (χ0n) is 15.5. The predicted octanol–water partition coefficient (Wildman–Crippen LogP) is 4.92. The normalized spacial score (nSPS) is 18.3. The van der Waals surface area contributed by atoms with E-state index in [1.54, 1.807) is 0 Å². The van der Waals surface area contributed by atoms with Gasteiger partial charge in [-0.25, -0.2) is 0 Å². The van der Waals surface area contributed by atoms with Crippen LogP contribution >= 0.6 is 0 Å². The minimum Gasteiger partial charge on any atom is -0.313 e. The van der Waals surface area contributed by atoms with Crippen molar-refractivity contribution < 1.29 is 0 Å². The summed E-state index contributed by atoms with van der Waals surface area (Å²) in [5.74, 6) is 0. The van der Waals surface area contributed by atoms with Crippen LogP contribution in [0.2, 0.25) is 0 Å². The van der Waals surface area contributed by atoms with Gasteiger partial charge in [0.15, 0.2) is 0 Å². The number of nitrogens with zero attached hydrogens (tertiary/aromatic N) is 1. The smallest absolute Gasteiger partial charge is 0.0107 e. The van der Waals surface area contributed by atoms with Crippen LogP contribution in [0.4, 0.5) is 0 Å². The van der Waals surface area contributed by atoms with Crippen molar-refractivity contribution in [2.45, 2.75) is 78.7 Å². The van der Waals surface area contributed by atoms with E-state index < -0.39 is 0 Å². The summed E-state index contributed by atoms with van der Waals surface area (Å²) in [5, 5.41) is 3.68. The highest BCUT2D eigenvalue weighted by molar-refractivity contribution is 5.02. The number of allylic oxidation sites excluding steroid dienone is 4. The van der Waals surface area contributed by atoms with Gasteiger partial charge in [-0.15, -0.1) is 0 Å². The van der Waals surface area contributed by atoms with Crippen LogP contribution in [0.3, 0.4) is 0 Å². The standard InChI is InChI=1S/C20H38N2/c1-18(2)10-8-11-19(3)12-9-13-20(4)21-14-17-22-15-6-5-7-16-22/h10,12,20-21H,5-9,11,13-17H2,1-4H3/b19-12+. The molecule has 1 aliphatic heterocycles. The highest BCUT2D eigenvalue weighted by Crippen LogP contribution is 2.10. The molecular formula is C20H38N2. The summed E-state index contributed by atoms with van der Waals surface area (Å²) in [7, 11) is 0. The van der Waals surface area contributed by atoms with Gasteiger partial charge in [0.2, 0.25) is 0 Å². The molecule has 2 nitrogen and oxygen atoms in total. The second-order valence-corrected chi connectivity index (χ2v) is 7.21. The van der Waals surface area contributed by atoms with Crippen molar-refractivity contribution in [2.24, 2.45) is 0 Å². The largest absolute Gasteiger partial charge is 0.313 e. The summed E-state index contributed by atoms with van der Waals surface area (Å²) >= 11 is 0. The number of rotatable bonds is 10. The maximum atomic E-state index is 3.68. The molecule has 1 atom stereocenters. The first-order valence-corrected chi connectivity index (χ1v) is 9.32. The Kier molecular flexibility index (Phi) is 10.5. The zero-order valence-corrected chi connectivity index (χ0v) is 15.5. The van der Waals surface area contributed by atoms with Gasteiger partial charge in [-0.2, -0.15) is 0 Å². The van der Waals surface area contributed by atoms with E-state index in [1.165, 1.54) is 75.7 Å². The Balaban J connectivity index is 2.04. The minimum absolute atomic E-state index is 0.631. The molecule has 1 saturated heterocycles. The second kappa shape index (κ2) is 11.9. The fourth-order valence-corrected chi connectivity index (χ4v) is 3.02. The van der Waals surface area contributed by atoms with E-state index in [1.807, 2.05) is 0 Å². The Morgan fingerprint density at radius 1 is 1.05 bits per heavy atom. The van der Waals surface area contributed by atoms with Gasteiger partial charge in [-0.1, -0.05) is 29.7 Å². The molecule has 0 aliphatic carbocycles. The second-order valence-electron chi connectivity index (χ2n) is 7.21. The van der Waals surface area contributed by atoms with E-state index >= 15 is 0 Å². The first kappa shape index (κ1) is 19.4. The fraction of sp³-hybridized carbons (Fsp3) is 0.800. The molecule has 1 aliphatic rings. The van der Waals surface area contributed by atoms with Gasteiger partial charge in [-0.3, -0.25) is 0 Å². The average molecular weight is 307 g/mol. The lowest BCUT2D eigenvalue weighted by Crippen LogP contribution is -2.38. The lowest BCUT2D eigenvalue weighted by molar-refractivity contribution is 0.226. The molecule has 1 heterocycles. The highest BCUT2D eigenvalue weighted by Gasteiger charge is 2.09. The first-order chi connectivity index (χ1) is 10.6. The third kappa shape index (κ3) is 10.2. The Morgan fingerprint density at radius 3 is 2.45 bits per heavy atom. The lowest BCUT2D eigenvalue weighted by atomic mass is 10.1. The van der Waals surface area contributed by atoms with Crippen LogP contribution in [-0.2, 0) is 0 Å². The molecule has 2 heteroatoms. The van der Waals surface area contributed by atoms with Crippen molar-refractivity contribution in [3.8, 4) is 0 Å². The Morgan fingerprint density at radius 2 is 1.77 bits per heavy atom. The van der Waals surface area contributed by atoms with Crippen LogP contribution in [-0.4, -0.2) is 37.1 Å². The summed E-state index contributed by atoms with van der Waals surface area (Å²) in [6.07, 6.45) is 13.8. The predicted molar refractivity (Wildman–Crippen MR) is 99.4 cm³/mol. The molecule has 0 aromatic heterocycles. The molecule has 1 N–H and O–H groups in total. The molecule has 22 heavy (non-hydrogen) atoms. The molecular weight excluding hydrogens is 268 g/mol. The number of nitrogens with one attached hydrogen (secondary N) is 1. The molecule has 1 unspecified atom stereocenters. The summed E-state index contributed by atoms with van der Waals surface area (Å²) in [4.78, 5) is 2.61. The first-order valence-electron chi connectivity index (χ1n) is 9.32. The SMILES string of the molecule is CC(C)=CCC/C(C)=C/CCC(C)NCCN1CCCCC1. The average Bonchev–Trinajstić information content (AvgIpc) is 2.48. The van der Waals surface area contributed by atoms with Crippen molar-refractivity contribution in [2.75, 3.05) is 26.2 Å². The molecule has 1 fully saturated rings. The van der Waals surface area contributed by atoms with E-state index in [-0.39, 0.29) is 0 Å². The van der Waals surface area contributed by atoms with Gasteiger partial charge in [-0.05, 0) is 79.3 Å². The van der Waals surface area contributed by atoms with Crippen LogP contribution in [0, 0.1) is 0 Å². The molecule has 128 valence electrons. The van der Waals surface area contributed by atoms with Gasteiger partial charge in [0, 0.05) is 19.1 Å². The summed E-state index contributed by atoms with van der Waals surface area (Å²) in [6.45, 7) is 13.9. The third-order valence-corrected chi connectivity index (χ3v) is 4.55. The van der Waals surface area contributed by atoms with Crippen molar-refractivity contribution in [3.05, 3.63) is 23.3 Å². The van der Waals surface area contributed by atoms with E-state index in [2.05, 4.69) is 50.1 Å². The minimum atomic E-state index is 0.631. The molecule has 0 aromatic rings.